The van der Waals surface area contributed by atoms with Crippen molar-refractivity contribution in [1.82, 2.24) is 14.6 Å². The second kappa shape index (κ2) is 5.21. The number of nitrogens with zero attached hydrogens (tertiary/aromatic N) is 3. The summed E-state index contributed by atoms with van der Waals surface area (Å²) >= 11 is 0. The van der Waals surface area contributed by atoms with E-state index in [1.54, 1.807) is 18.3 Å². The van der Waals surface area contributed by atoms with Gasteiger partial charge in [0.25, 0.3) is 0 Å². The summed E-state index contributed by atoms with van der Waals surface area (Å²) in [6.45, 7) is 3.41. The van der Waals surface area contributed by atoms with Crippen molar-refractivity contribution < 1.29 is 8.42 Å². The number of hydrogen-bond donors (Lipinski definition) is 1. The van der Waals surface area contributed by atoms with Crippen molar-refractivity contribution in [2.24, 2.45) is 0 Å². The minimum absolute atomic E-state index is 0.247. The SMILES string of the molecule is CNS(=O)(=O)c1cccnc1N1CCN(C)CC1. The molecule has 18 heavy (non-hydrogen) atoms. The molecule has 1 aromatic rings. The second-order valence-electron chi connectivity index (χ2n) is 4.32. The van der Waals surface area contributed by atoms with Crippen molar-refractivity contribution in [3.05, 3.63) is 18.3 Å². The van der Waals surface area contributed by atoms with Gasteiger partial charge < -0.3 is 9.80 Å². The second-order valence-corrected chi connectivity index (χ2v) is 6.18. The first-order chi connectivity index (χ1) is 8.54. The van der Waals surface area contributed by atoms with Gasteiger partial charge in [-0.1, -0.05) is 0 Å². The highest BCUT2D eigenvalue weighted by Crippen LogP contribution is 2.22. The number of sulfonamides is 1. The zero-order valence-electron chi connectivity index (χ0n) is 10.6. The number of hydrogen-bond acceptors (Lipinski definition) is 5. The lowest BCUT2D eigenvalue weighted by Gasteiger charge is -2.33. The van der Waals surface area contributed by atoms with Crippen LogP contribution in [0.5, 0.6) is 0 Å². The van der Waals surface area contributed by atoms with E-state index in [0.717, 1.165) is 26.2 Å². The van der Waals surface area contributed by atoms with E-state index in [1.807, 2.05) is 4.90 Å². The molecule has 0 aliphatic carbocycles. The van der Waals surface area contributed by atoms with Gasteiger partial charge in [-0.2, -0.15) is 0 Å². The van der Waals surface area contributed by atoms with E-state index >= 15 is 0 Å². The lowest BCUT2D eigenvalue weighted by molar-refractivity contribution is 0.311. The van der Waals surface area contributed by atoms with Crippen molar-refractivity contribution in [2.75, 3.05) is 45.2 Å². The summed E-state index contributed by atoms with van der Waals surface area (Å²) < 4.78 is 26.2. The van der Waals surface area contributed by atoms with E-state index < -0.39 is 10.0 Å². The van der Waals surface area contributed by atoms with Crippen LogP contribution in [-0.4, -0.2) is 58.6 Å². The highest BCUT2D eigenvalue weighted by molar-refractivity contribution is 7.89. The number of nitrogens with one attached hydrogen (secondary N) is 1. The lowest BCUT2D eigenvalue weighted by atomic mass is 10.3. The number of piperazine rings is 1. The van der Waals surface area contributed by atoms with Crippen LogP contribution in [0, 0.1) is 0 Å². The average molecular weight is 270 g/mol. The van der Waals surface area contributed by atoms with Gasteiger partial charge in [0.1, 0.15) is 10.7 Å². The van der Waals surface area contributed by atoms with Gasteiger partial charge in [-0.25, -0.2) is 18.1 Å². The third-order valence-electron chi connectivity index (χ3n) is 3.11. The fourth-order valence-electron chi connectivity index (χ4n) is 1.96. The Kier molecular flexibility index (Phi) is 3.84. The van der Waals surface area contributed by atoms with Gasteiger partial charge in [0.2, 0.25) is 10.0 Å². The van der Waals surface area contributed by atoms with Crippen molar-refractivity contribution in [2.45, 2.75) is 4.90 Å². The first kappa shape index (κ1) is 13.3. The molecule has 2 heterocycles. The molecule has 0 amide bonds. The molecule has 7 heteroatoms. The maximum atomic E-state index is 11.9. The summed E-state index contributed by atoms with van der Waals surface area (Å²) in [6, 6.07) is 3.23. The summed E-state index contributed by atoms with van der Waals surface area (Å²) in [6.07, 6.45) is 1.63. The number of pyridine rings is 1. The maximum absolute atomic E-state index is 11.9. The molecule has 1 aliphatic heterocycles. The Morgan fingerprint density at radius 1 is 1.28 bits per heavy atom. The van der Waals surface area contributed by atoms with Gasteiger partial charge in [-0.3, -0.25) is 0 Å². The smallest absolute Gasteiger partial charge is 0.243 e. The van der Waals surface area contributed by atoms with Crippen LogP contribution < -0.4 is 9.62 Å². The topological polar surface area (TPSA) is 65.5 Å². The summed E-state index contributed by atoms with van der Waals surface area (Å²) in [5.74, 6) is 0.542. The first-order valence-corrected chi connectivity index (χ1v) is 7.35. The quantitative estimate of drug-likeness (QED) is 0.820. The average Bonchev–Trinajstić information content (AvgIpc) is 2.40. The van der Waals surface area contributed by atoms with Crippen molar-refractivity contribution >= 4 is 15.8 Å². The predicted octanol–water partition coefficient (Wildman–Crippen LogP) is -0.258. The number of aromatic nitrogens is 1. The predicted molar refractivity (Wildman–Crippen MR) is 70.2 cm³/mol. The summed E-state index contributed by atoms with van der Waals surface area (Å²) in [5.41, 5.74) is 0. The molecule has 0 radical (unpaired) electrons. The normalized spacial score (nSPS) is 18.0. The Balaban J connectivity index is 2.34. The molecule has 0 unspecified atom stereocenters. The number of anilines is 1. The molecule has 0 saturated carbocycles. The highest BCUT2D eigenvalue weighted by atomic mass is 32.2. The molecule has 6 nitrogen and oxygen atoms in total. The van der Waals surface area contributed by atoms with Gasteiger partial charge in [0, 0.05) is 32.4 Å². The van der Waals surface area contributed by atoms with E-state index in [-0.39, 0.29) is 4.90 Å². The minimum atomic E-state index is -3.46. The van der Waals surface area contributed by atoms with Gasteiger partial charge >= 0.3 is 0 Å². The molecule has 1 N–H and O–H groups in total. The van der Waals surface area contributed by atoms with Gasteiger partial charge in [0.05, 0.1) is 0 Å². The van der Waals surface area contributed by atoms with E-state index in [2.05, 4.69) is 21.7 Å². The summed E-state index contributed by atoms with van der Waals surface area (Å²) in [4.78, 5) is 8.71. The largest absolute Gasteiger partial charge is 0.353 e. The molecule has 1 aliphatic rings. The van der Waals surface area contributed by atoms with Crippen LogP contribution in [0.4, 0.5) is 5.82 Å². The standard InChI is InChI=1S/C11H18N4O2S/c1-12-18(16,17)10-4-3-5-13-11(10)15-8-6-14(2)7-9-15/h3-5,12H,6-9H2,1-2H3. The van der Waals surface area contributed by atoms with E-state index in [4.69, 9.17) is 0 Å². The molecular weight excluding hydrogens is 252 g/mol. The molecule has 0 atom stereocenters. The Labute approximate surface area is 108 Å². The van der Waals surface area contributed by atoms with Crippen molar-refractivity contribution in [1.29, 1.82) is 0 Å². The van der Waals surface area contributed by atoms with Crippen LogP contribution >= 0.6 is 0 Å². The van der Waals surface area contributed by atoms with Crippen LogP contribution in [0.25, 0.3) is 0 Å². The summed E-state index contributed by atoms with van der Waals surface area (Å²) in [5, 5.41) is 0. The van der Waals surface area contributed by atoms with Gasteiger partial charge in [-0.15, -0.1) is 0 Å². The Morgan fingerprint density at radius 3 is 2.56 bits per heavy atom. The van der Waals surface area contributed by atoms with Crippen LogP contribution in [0.3, 0.4) is 0 Å². The zero-order valence-corrected chi connectivity index (χ0v) is 11.4. The maximum Gasteiger partial charge on any atom is 0.243 e. The molecule has 0 spiro atoms. The fraction of sp³-hybridized carbons (Fsp3) is 0.545. The van der Waals surface area contributed by atoms with E-state index in [9.17, 15) is 8.42 Å². The van der Waals surface area contributed by atoms with Crippen LogP contribution in [0.1, 0.15) is 0 Å². The fourth-order valence-corrected chi connectivity index (χ4v) is 2.86. The first-order valence-electron chi connectivity index (χ1n) is 5.86. The molecular formula is C11H18N4O2S. The van der Waals surface area contributed by atoms with Crippen LogP contribution in [-0.2, 0) is 10.0 Å². The highest BCUT2D eigenvalue weighted by Gasteiger charge is 2.23. The van der Waals surface area contributed by atoms with Gasteiger partial charge in [-0.05, 0) is 26.2 Å². The molecule has 1 aromatic heterocycles. The summed E-state index contributed by atoms with van der Waals surface area (Å²) in [7, 11) is 0.00988. The Morgan fingerprint density at radius 2 is 1.94 bits per heavy atom. The number of likely N-dealkylation sites (N-methyl/N-ethyl adjacent to an activating group) is 1. The van der Waals surface area contributed by atoms with Crippen molar-refractivity contribution in [3.63, 3.8) is 0 Å². The molecule has 1 fully saturated rings. The molecule has 2 rings (SSSR count). The molecule has 100 valence electrons. The van der Waals surface area contributed by atoms with E-state index in [0.29, 0.717) is 5.82 Å². The van der Waals surface area contributed by atoms with Gasteiger partial charge in [0.15, 0.2) is 0 Å². The number of rotatable bonds is 3. The zero-order chi connectivity index (χ0) is 13.2. The monoisotopic (exact) mass is 270 g/mol. The van der Waals surface area contributed by atoms with Crippen LogP contribution in [0.15, 0.2) is 23.2 Å². The Bertz CT molecular complexity index is 510. The minimum Gasteiger partial charge on any atom is -0.353 e. The Hall–Kier alpha value is -1.18. The molecule has 0 bridgehead atoms. The molecule has 1 saturated heterocycles. The third kappa shape index (κ3) is 2.63. The van der Waals surface area contributed by atoms with E-state index in [1.165, 1.54) is 7.05 Å². The van der Waals surface area contributed by atoms with Crippen molar-refractivity contribution in [3.8, 4) is 0 Å². The third-order valence-corrected chi connectivity index (χ3v) is 4.55. The van der Waals surface area contributed by atoms with Crippen LogP contribution in [0.2, 0.25) is 0 Å². The molecule has 0 aromatic carbocycles. The lowest BCUT2D eigenvalue weighted by Crippen LogP contribution is -2.45.